The van der Waals surface area contributed by atoms with Crippen molar-refractivity contribution in [3.05, 3.63) is 39.7 Å². The molecule has 2 rings (SSSR count). The summed E-state index contributed by atoms with van der Waals surface area (Å²) in [6, 6.07) is 4.07. The van der Waals surface area contributed by atoms with Crippen molar-refractivity contribution in [2.24, 2.45) is 0 Å². The minimum Gasteiger partial charge on any atom is -0.508 e. The van der Waals surface area contributed by atoms with Crippen molar-refractivity contribution < 1.29 is 27.8 Å². The molecule has 0 aliphatic heterocycles. The molecule has 24 heavy (non-hydrogen) atoms. The van der Waals surface area contributed by atoms with Gasteiger partial charge in [-0.3, -0.25) is 4.90 Å². The molecule has 0 radical (unpaired) electrons. The van der Waals surface area contributed by atoms with Gasteiger partial charge in [-0.2, -0.15) is 13.2 Å². The average Bonchev–Trinajstić information content (AvgIpc) is 2.47. The Labute approximate surface area is 135 Å². The summed E-state index contributed by atoms with van der Waals surface area (Å²) in [5.41, 5.74) is 0.197. The maximum absolute atomic E-state index is 12.7. The quantitative estimate of drug-likeness (QED) is 0.787. The highest BCUT2D eigenvalue weighted by Gasteiger charge is 2.30. The largest absolute Gasteiger partial charge is 0.508 e. The number of fused-ring (bicyclic) bond motifs is 1. The topological polar surface area (TPSA) is 73.9 Å². The van der Waals surface area contributed by atoms with E-state index in [9.17, 15) is 23.1 Å². The van der Waals surface area contributed by atoms with Crippen LogP contribution in [0, 0.1) is 6.92 Å². The van der Waals surface area contributed by atoms with Crippen LogP contribution in [0.2, 0.25) is 0 Å². The maximum atomic E-state index is 12.7. The Bertz CT molecular complexity index is 770. The van der Waals surface area contributed by atoms with Crippen molar-refractivity contribution in [3.8, 4) is 5.75 Å². The molecule has 2 N–H and O–H groups in total. The minimum atomic E-state index is -4.39. The molecule has 0 aliphatic rings. The van der Waals surface area contributed by atoms with Gasteiger partial charge in [-0.25, -0.2) is 4.79 Å². The van der Waals surface area contributed by atoms with Crippen molar-refractivity contribution in [3.63, 3.8) is 0 Å². The lowest BCUT2D eigenvalue weighted by atomic mass is 10.1. The molecule has 0 saturated heterocycles. The summed E-state index contributed by atoms with van der Waals surface area (Å²) in [6.07, 6.45) is -4.20. The number of aliphatic hydroxyl groups is 1. The van der Waals surface area contributed by atoms with Gasteiger partial charge in [-0.15, -0.1) is 0 Å². The van der Waals surface area contributed by atoms with E-state index in [2.05, 4.69) is 0 Å². The standard InChI is InChI=1S/C16H18F3NO4/c1-10-13(22)4-3-12-11(7-14(23)24-15(10)12)8-20(5-2-6-21)9-16(17,18)19/h3-4,7,21-22H,2,5-6,8-9H2,1H3. The molecule has 1 heterocycles. The number of halogens is 3. The molecule has 0 spiro atoms. The first-order chi connectivity index (χ1) is 11.2. The summed E-state index contributed by atoms with van der Waals surface area (Å²) in [4.78, 5) is 12.8. The lowest BCUT2D eigenvalue weighted by molar-refractivity contribution is -0.147. The van der Waals surface area contributed by atoms with Crippen LogP contribution in [-0.2, 0) is 6.54 Å². The maximum Gasteiger partial charge on any atom is 0.401 e. The van der Waals surface area contributed by atoms with Crippen LogP contribution in [0.3, 0.4) is 0 Å². The highest BCUT2D eigenvalue weighted by atomic mass is 19.4. The fourth-order valence-corrected chi connectivity index (χ4v) is 2.55. The number of phenols is 1. The number of aliphatic hydroxyl groups excluding tert-OH is 1. The van der Waals surface area contributed by atoms with Crippen LogP contribution in [0.15, 0.2) is 27.4 Å². The van der Waals surface area contributed by atoms with E-state index in [0.717, 1.165) is 11.0 Å². The number of nitrogens with zero attached hydrogens (tertiary/aromatic N) is 1. The molecule has 5 nitrogen and oxygen atoms in total. The third kappa shape index (κ3) is 4.48. The monoisotopic (exact) mass is 345 g/mol. The van der Waals surface area contributed by atoms with E-state index in [1.165, 1.54) is 12.1 Å². The van der Waals surface area contributed by atoms with Crippen LogP contribution in [0.4, 0.5) is 13.2 Å². The fourth-order valence-electron chi connectivity index (χ4n) is 2.55. The zero-order valence-electron chi connectivity index (χ0n) is 13.1. The van der Waals surface area contributed by atoms with Crippen LogP contribution in [0.25, 0.3) is 11.0 Å². The van der Waals surface area contributed by atoms with E-state index >= 15 is 0 Å². The Morgan fingerprint density at radius 1 is 1.29 bits per heavy atom. The van der Waals surface area contributed by atoms with E-state index in [0.29, 0.717) is 16.5 Å². The van der Waals surface area contributed by atoms with Crippen LogP contribution < -0.4 is 5.63 Å². The van der Waals surface area contributed by atoms with Gasteiger partial charge in [0.2, 0.25) is 0 Å². The first kappa shape index (κ1) is 18.3. The molecule has 0 amide bonds. The van der Waals surface area contributed by atoms with Gasteiger partial charge >= 0.3 is 11.8 Å². The summed E-state index contributed by atoms with van der Waals surface area (Å²) in [6.45, 7) is 0.106. The Kier molecular flexibility index (Phi) is 5.51. The predicted molar refractivity (Wildman–Crippen MR) is 81.9 cm³/mol. The molecule has 0 bridgehead atoms. The Hall–Kier alpha value is -2.06. The van der Waals surface area contributed by atoms with Gasteiger partial charge in [-0.1, -0.05) is 0 Å². The normalized spacial score (nSPS) is 12.2. The SMILES string of the molecule is Cc1c(O)ccc2c(CN(CCCO)CC(F)(F)F)cc(=O)oc12. The zero-order chi connectivity index (χ0) is 17.9. The summed E-state index contributed by atoms with van der Waals surface area (Å²) < 4.78 is 43.3. The van der Waals surface area contributed by atoms with Gasteiger partial charge < -0.3 is 14.6 Å². The second-order valence-corrected chi connectivity index (χ2v) is 5.58. The molecule has 8 heteroatoms. The third-order valence-electron chi connectivity index (χ3n) is 3.65. The van der Waals surface area contributed by atoms with Crippen molar-refractivity contribution in [2.75, 3.05) is 19.7 Å². The number of phenolic OH excluding ortho intramolecular Hbond substituents is 1. The van der Waals surface area contributed by atoms with Crippen LogP contribution in [-0.4, -0.2) is 41.0 Å². The lowest BCUT2D eigenvalue weighted by Gasteiger charge is -2.24. The van der Waals surface area contributed by atoms with Gasteiger partial charge in [-0.05, 0) is 31.0 Å². The van der Waals surface area contributed by atoms with Gasteiger partial charge in [0.15, 0.2) is 0 Å². The Balaban J connectivity index is 2.42. The van der Waals surface area contributed by atoms with E-state index in [-0.39, 0.29) is 37.4 Å². The van der Waals surface area contributed by atoms with E-state index in [1.807, 2.05) is 0 Å². The molecule has 132 valence electrons. The van der Waals surface area contributed by atoms with Crippen LogP contribution in [0.1, 0.15) is 17.5 Å². The molecule has 0 aliphatic carbocycles. The first-order valence-corrected chi connectivity index (χ1v) is 7.36. The third-order valence-corrected chi connectivity index (χ3v) is 3.65. The molecular weight excluding hydrogens is 327 g/mol. The lowest BCUT2D eigenvalue weighted by Crippen LogP contribution is -2.35. The number of aromatic hydroxyl groups is 1. The molecule has 0 saturated carbocycles. The molecule has 0 unspecified atom stereocenters. The number of rotatable bonds is 6. The first-order valence-electron chi connectivity index (χ1n) is 7.36. The minimum absolute atomic E-state index is 0.0365. The number of benzene rings is 1. The second-order valence-electron chi connectivity index (χ2n) is 5.58. The Morgan fingerprint density at radius 2 is 2.00 bits per heavy atom. The van der Waals surface area contributed by atoms with Gasteiger partial charge in [0.25, 0.3) is 0 Å². The number of hydrogen-bond donors (Lipinski definition) is 2. The molecule has 0 atom stereocenters. The van der Waals surface area contributed by atoms with E-state index < -0.39 is 18.3 Å². The number of aryl methyl sites for hydroxylation is 1. The van der Waals surface area contributed by atoms with Crippen molar-refractivity contribution in [1.82, 2.24) is 4.90 Å². The Morgan fingerprint density at radius 3 is 2.62 bits per heavy atom. The molecule has 2 aromatic rings. The van der Waals surface area contributed by atoms with Crippen molar-refractivity contribution in [2.45, 2.75) is 26.1 Å². The highest BCUT2D eigenvalue weighted by Crippen LogP contribution is 2.28. The van der Waals surface area contributed by atoms with Crippen LogP contribution in [0.5, 0.6) is 5.75 Å². The summed E-state index contributed by atoms with van der Waals surface area (Å²) in [5, 5.41) is 19.0. The highest BCUT2D eigenvalue weighted by molar-refractivity contribution is 5.84. The van der Waals surface area contributed by atoms with E-state index in [1.54, 1.807) is 6.92 Å². The summed E-state index contributed by atoms with van der Waals surface area (Å²) in [5.74, 6) is -0.0600. The van der Waals surface area contributed by atoms with Crippen LogP contribution >= 0.6 is 0 Å². The van der Waals surface area contributed by atoms with Gasteiger partial charge in [0.05, 0.1) is 6.54 Å². The van der Waals surface area contributed by atoms with Gasteiger partial charge in [0, 0.05) is 36.7 Å². The zero-order valence-corrected chi connectivity index (χ0v) is 13.1. The van der Waals surface area contributed by atoms with Crippen molar-refractivity contribution in [1.29, 1.82) is 0 Å². The fraction of sp³-hybridized carbons (Fsp3) is 0.438. The molecule has 0 fully saturated rings. The van der Waals surface area contributed by atoms with E-state index in [4.69, 9.17) is 9.52 Å². The second kappa shape index (κ2) is 7.23. The molecule has 1 aromatic heterocycles. The number of hydrogen-bond acceptors (Lipinski definition) is 5. The van der Waals surface area contributed by atoms with Gasteiger partial charge in [0.1, 0.15) is 11.3 Å². The molecular formula is C16H18F3NO4. The predicted octanol–water partition coefficient (Wildman–Crippen LogP) is 2.55. The van der Waals surface area contributed by atoms with Crippen molar-refractivity contribution >= 4 is 11.0 Å². The number of alkyl halides is 3. The molecule has 1 aromatic carbocycles. The summed E-state index contributed by atoms with van der Waals surface area (Å²) in [7, 11) is 0. The average molecular weight is 345 g/mol. The summed E-state index contributed by atoms with van der Waals surface area (Å²) >= 11 is 0. The smallest absolute Gasteiger partial charge is 0.401 e.